The Kier molecular flexibility index (Phi) is 7.20. The molecule has 4 nitrogen and oxygen atoms in total. The van der Waals surface area contributed by atoms with Crippen LogP contribution in [-0.4, -0.2) is 39.3 Å². The van der Waals surface area contributed by atoms with Crippen LogP contribution in [-0.2, 0) is 16.6 Å². The molecule has 6 heteroatoms. The first kappa shape index (κ1) is 21.2. The third-order valence-corrected chi connectivity index (χ3v) is 5.72. The molecule has 1 heterocycles. The lowest BCUT2D eigenvalue weighted by atomic mass is 9.74. The molecule has 1 fully saturated rings. The van der Waals surface area contributed by atoms with Gasteiger partial charge in [0.15, 0.2) is 5.96 Å². The van der Waals surface area contributed by atoms with Crippen LogP contribution in [0.1, 0.15) is 29.5 Å². The van der Waals surface area contributed by atoms with Gasteiger partial charge in [-0.15, -0.1) is 0 Å². The van der Waals surface area contributed by atoms with Gasteiger partial charge in [0.1, 0.15) is 11.6 Å². The summed E-state index contributed by atoms with van der Waals surface area (Å²) in [5.41, 5.74) is 3.07. The number of ether oxygens (including phenoxy) is 1. The molecule has 1 aliphatic heterocycles. The summed E-state index contributed by atoms with van der Waals surface area (Å²) in [6.07, 6.45) is 2.53. The summed E-state index contributed by atoms with van der Waals surface area (Å²) in [4.78, 5) is 4.32. The van der Waals surface area contributed by atoms with Crippen LogP contribution in [0.3, 0.4) is 0 Å². The maximum absolute atomic E-state index is 13.4. The first-order valence-corrected chi connectivity index (χ1v) is 10.1. The Labute approximate surface area is 171 Å². The van der Waals surface area contributed by atoms with Crippen molar-refractivity contribution in [3.8, 4) is 0 Å². The summed E-state index contributed by atoms with van der Waals surface area (Å²) < 4.78 is 32.2. The normalized spacial score (nSPS) is 16.5. The van der Waals surface area contributed by atoms with E-state index in [1.165, 1.54) is 18.2 Å². The van der Waals surface area contributed by atoms with Crippen molar-refractivity contribution in [3.63, 3.8) is 0 Å². The number of aryl methyl sites for hydroxylation is 1. The first-order chi connectivity index (χ1) is 14.0. The molecular weight excluding hydrogens is 372 g/mol. The summed E-state index contributed by atoms with van der Waals surface area (Å²) in [6.45, 7) is 4.68. The molecule has 3 rings (SSSR count). The maximum Gasteiger partial charge on any atom is 0.191 e. The zero-order valence-electron chi connectivity index (χ0n) is 17.1. The molecule has 2 aromatic rings. The number of hydrogen-bond donors (Lipinski definition) is 2. The topological polar surface area (TPSA) is 45.7 Å². The van der Waals surface area contributed by atoms with Crippen LogP contribution in [0, 0.1) is 18.6 Å². The van der Waals surface area contributed by atoms with Gasteiger partial charge in [-0.25, -0.2) is 8.78 Å². The minimum Gasteiger partial charge on any atom is -0.381 e. The highest BCUT2D eigenvalue weighted by molar-refractivity contribution is 5.79. The van der Waals surface area contributed by atoms with Crippen LogP contribution < -0.4 is 10.6 Å². The lowest BCUT2D eigenvalue weighted by Gasteiger charge is -2.38. The Balaban J connectivity index is 1.59. The number of aliphatic imine (C=N–C) groups is 1. The molecule has 0 atom stereocenters. The fourth-order valence-electron chi connectivity index (χ4n) is 3.86. The third-order valence-electron chi connectivity index (χ3n) is 5.72. The second kappa shape index (κ2) is 9.83. The Morgan fingerprint density at radius 2 is 1.72 bits per heavy atom. The van der Waals surface area contributed by atoms with Crippen molar-refractivity contribution in [2.45, 2.75) is 31.6 Å². The SMILES string of the molecule is CN=C(NCCc1ccc(F)cc1C)NCC1(c2ccc(F)cc2)CCOCC1. The van der Waals surface area contributed by atoms with Crippen molar-refractivity contribution in [2.75, 3.05) is 33.4 Å². The summed E-state index contributed by atoms with van der Waals surface area (Å²) in [5.74, 6) is 0.287. The number of benzene rings is 2. The third kappa shape index (κ3) is 5.54. The largest absolute Gasteiger partial charge is 0.381 e. The molecule has 0 radical (unpaired) electrons. The molecule has 0 bridgehead atoms. The fraction of sp³-hybridized carbons (Fsp3) is 0.435. The monoisotopic (exact) mass is 401 g/mol. The second-order valence-electron chi connectivity index (χ2n) is 7.57. The Morgan fingerprint density at radius 1 is 1.03 bits per heavy atom. The smallest absolute Gasteiger partial charge is 0.191 e. The molecule has 1 aliphatic rings. The predicted molar refractivity (Wildman–Crippen MR) is 112 cm³/mol. The molecular formula is C23H29F2N3O. The zero-order valence-corrected chi connectivity index (χ0v) is 17.1. The van der Waals surface area contributed by atoms with Gasteiger partial charge in [-0.05, 0) is 67.1 Å². The van der Waals surface area contributed by atoms with Gasteiger partial charge in [0.05, 0.1) is 0 Å². The van der Waals surface area contributed by atoms with Gasteiger partial charge in [-0.1, -0.05) is 18.2 Å². The highest BCUT2D eigenvalue weighted by atomic mass is 19.1. The van der Waals surface area contributed by atoms with Crippen LogP contribution >= 0.6 is 0 Å². The van der Waals surface area contributed by atoms with Crippen LogP contribution in [0.5, 0.6) is 0 Å². The Bertz CT molecular complexity index is 831. The Morgan fingerprint density at radius 3 is 2.38 bits per heavy atom. The fourth-order valence-corrected chi connectivity index (χ4v) is 3.86. The summed E-state index contributed by atoms with van der Waals surface area (Å²) in [5, 5.41) is 6.76. The van der Waals surface area contributed by atoms with Gasteiger partial charge in [-0.3, -0.25) is 4.99 Å². The second-order valence-corrected chi connectivity index (χ2v) is 7.57. The average molecular weight is 402 g/mol. The Hall–Kier alpha value is -2.47. The molecule has 29 heavy (non-hydrogen) atoms. The molecule has 156 valence electrons. The van der Waals surface area contributed by atoms with Gasteiger partial charge in [0.2, 0.25) is 0 Å². The number of rotatable bonds is 6. The standard InChI is InChI=1S/C23H29F2N3O/c1-17-15-21(25)6-3-18(17)9-12-27-22(26-2)28-16-23(10-13-29-14-11-23)19-4-7-20(24)8-5-19/h3-8,15H,9-14,16H2,1-2H3,(H2,26,27,28). The van der Waals surface area contributed by atoms with E-state index < -0.39 is 0 Å². The number of nitrogens with one attached hydrogen (secondary N) is 2. The van der Waals surface area contributed by atoms with E-state index >= 15 is 0 Å². The molecule has 0 amide bonds. The van der Waals surface area contributed by atoms with E-state index in [4.69, 9.17) is 4.74 Å². The number of hydrogen-bond acceptors (Lipinski definition) is 2. The van der Waals surface area contributed by atoms with Gasteiger partial charge in [0, 0.05) is 38.8 Å². The van der Waals surface area contributed by atoms with Crippen molar-refractivity contribution in [1.82, 2.24) is 10.6 Å². The van der Waals surface area contributed by atoms with E-state index in [0.717, 1.165) is 41.9 Å². The maximum atomic E-state index is 13.4. The zero-order chi connectivity index (χ0) is 20.7. The van der Waals surface area contributed by atoms with E-state index in [0.29, 0.717) is 26.3 Å². The lowest BCUT2D eigenvalue weighted by molar-refractivity contribution is 0.0513. The number of guanidine groups is 1. The van der Waals surface area contributed by atoms with Gasteiger partial charge in [0.25, 0.3) is 0 Å². The molecule has 2 aromatic carbocycles. The average Bonchev–Trinajstić information content (AvgIpc) is 2.73. The van der Waals surface area contributed by atoms with Crippen molar-refractivity contribution in [2.24, 2.45) is 4.99 Å². The predicted octanol–water partition coefficient (Wildman–Crippen LogP) is 3.73. The van der Waals surface area contributed by atoms with Crippen molar-refractivity contribution in [3.05, 3.63) is 70.8 Å². The number of halogens is 2. The van der Waals surface area contributed by atoms with Crippen molar-refractivity contribution >= 4 is 5.96 Å². The molecule has 2 N–H and O–H groups in total. The summed E-state index contributed by atoms with van der Waals surface area (Å²) in [7, 11) is 1.74. The van der Waals surface area contributed by atoms with Crippen molar-refractivity contribution in [1.29, 1.82) is 0 Å². The minimum atomic E-state index is -0.225. The van der Waals surface area contributed by atoms with Crippen LogP contribution in [0.15, 0.2) is 47.5 Å². The molecule has 0 spiro atoms. The van der Waals surface area contributed by atoms with E-state index in [1.54, 1.807) is 13.1 Å². The molecule has 1 saturated heterocycles. The molecule has 0 aliphatic carbocycles. The van der Waals surface area contributed by atoms with Crippen molar-refractivity contribution < 1.29 is 13.5 Å². The van der Waals surface area contributed by atoms with E-state index in [-0.39, 0.29) is 17.0 Å². The summed E-state index contributed by atoms with van der Waals surface area (Å²) >= 11 is 0. The summed E-state index contributed by atoms with van der Waals surface area (Å²) in [6, 6.07) is 11.7. The van der Waals surface area contributed by atoms with Crippen LogP contribution in [0.2, 0.25) is 0 Å². The molecule has 0 saturated carbocycles. The quantitative estimate of drug-likeness (QED) is 0.573. The van der Waals surface area contributed by atoms with Gasteiger partial charge < -0.3 is 15.4 Å². The highest BCUT2D eigenvalue weighted by Gasteiger charge is 2.34. The van der Waals surface area contributed by atoms with Gasteiger partial charge >= 0.3 is 0 Å². The van der Waals surface area contributed by atoms with Gasteiger partial charge in [-0.2, -0.15) is 0 Å². The van der Waals surface area contributed by atoms with E-state index in [2.05, 4.69) is 15.6 Å². The van der Waals surface area contributed by atoms with E-state index in [1.807, 2.05) is 25.1 Å². The number of nitrogens with zero attached hydrogens (tertiary/aromatic N) is 1. The van der Waals surface area contributed by atoms with Crippen LogP contribution in [0.4, 0.5) is 8.78 Å². The highest BCUT2D eigenvalue weighted by Crippen LogP contribution is 2.34. The molecule has 0 aromatic heterocycles. The molecule has 0 unspecified atom stereocenters. The minimum absolute atomic E-state index is 0.114. The lowest BCUT2D eigenvalue weighted by Crippen LogP contribution is -2.48. The van der Waals surface area contributed by atoms with E-state index in [9.17, 15) is 8.78 Å². The van der Waals surface area contributed by atoms with Crippen LogP contribution in [0.25, 0.3) is 0 Å². The first-order valence-electron chi connectivity index (χ1n) is 10.1.